The average Bonchev–Trinajstić information content (AvgIpc) is 3.35. The SMILES string of the molecule is CC[C@H]1CN(C(c2ccc(F)cc2)c2ccc(F)cc2)[C@H](CC)CN1c1nc2nnc(C)n2c2cccnc12. The molecule has 200 valence electrons. The summed E-state index contributed by atoms with van der Waals surface area (Å²) >= 11 is 0. The van der Waals surface area contributed by atoms with Crippen molar-refractivity contribution in [2.24, 2.45) is 0 Å². The maximum Gasteiger partial charge on any atom is 0.257 e. The summed E-state index contributed by atoms with van der Waals surface area (Å²) in [5.41, 5.74) is 3.72. The number of hydrogen-bond acceptors (Lipinski definition) is 6. The van der Waals surface area contributed by atoms with Crippen molar-refractivity contribution in [1.29, 1.82) is 0 Å². The molecular weight excluding hydrogens is 496 g/mol. The van der Waals surface area contributed by atoms with Gasteiger partial charge in [0.1, 0.15) is 23.0 Å². The van der Waals surface area contributed by atoms with Crippen molar-refractivity contribution < 1.29 is 8.78 Å². The van der Waals surface area contributed by atoms with Crippen LogP contribution in [0.15, 0.2) is 66.9 Å². The second-order valence-corrected chi connectivity index (χ2v) is 10.2. The summed E-state index contributed by atoms with van der Waals surface area (Å²) < 4.78 is 29.7. The fourth-order valence-electron chi connectivity index (χ4n) is 5.93. The predicted molar refractivity (Wildman–Crippen MR) is 148 cm³/mol. The molecule has 0 saturated carbocycles. The molecule has 0 bridgehead atoms. The number of rotatable bonds is 6. The van der Waals surface area contributed by atoms with Crippen molar-refractivity contribution >= 4 is 22.6 Å². The lowest BCUT2D eigenvalue weighted by molar-refractivity contribution is 0.110. The zero-order chi connectivity index (χ0) is 27.1. The molecule has 0 radical (unpaired) electrons. The number of nitrogens with zero attached hydrogens (tertiary/aromatic N) is 7. The minimum Gasteiger partial charge on any atom is -0.349 e. The molecule has 6 rings (SSSR count). The Balaban J connectivity index is 1.44. The van der Waals surface area contributed by atoms with Gasteiger partial charge in [-0.25, -0.2) is 8.78 Å². The van der Waals surface area contributed by atoms with Crippen LogP contribution in [0.4, 0.5) is 14.6 Å². The molecule has 0 aliphatic carbocycles. The van der Waals surface area contributed by atoms with E-state index in [9.17, 15) is 8.78 Å². The summed E-state index contributed by atoms with van der Waals surface area (Å²) in [6, 6.07) is 17.4. The van der Waals surface area contributed by atoms with Gasteiger partial charge >= 0.3 is 0 Å². The first-order valence-electron chi connectivity index (χ1n) is 13.5. The molecule has 0 amide bonds. The van der Waals surface area contributed by atoms with E-state index in [1.54, 1.807) is 6.20 Å². The first-order chi connectivity index (χ1) is 19.0. The van der Waals surface area contributed by atoms with Crippen molar-refractivity contribution in [3.63, 3.8) is 0 Å². The molecule has 7 nitrogen and oxygen atoms in total. The molecule has 1 aliphatic heterocycles. The van der Waals surface area contributed by atoms with Crippen LogP contribution in [0.2, 0.25) is 0 Å². The number of aromatic nitrogens is 5. The quantitative estimate of drug-likeness (QED) is 0.281. The molecule has 39 heavy (non-hydrogen) atoms. The van der Waals surface area contributed by atoms with E-state index in [4.69, 9.17) is 9.97 Å². The maximum absolute atomic E-state index is 13.9. The van der Waals surface area contributed by atoms with Crippen molar-refractivity contribution in [2.75, 3.05) is 18.0 Å². The summed E-state index contributed by atoms with van der Waals surface area (Å²) in [7, 11) is 0. The van der Waals surface area contributed by atoms with E-state index in [0.717, 1.165) is 59.7 Å². The lowest BCUT2D eigenvalue weighted by Gasteiger charge is -2.50. The van der Waals surface area contributed by atoms with Gasteiger partial charge in [-0.15, -0.1) is 10.2 Å². The molecule has 9 heteroatoms. The van der Waals surface area contributed by atoms with Crippen LogP contribution in [0.1, 0.15) is 49.7 Å². The summed E-state index contributed by atoms with van der Waals surface area (Å²) in [6.07, 6.45) is 3.58. The number of benzene rings is 2. The largest absolute Gasteiger partial charge is 0.349 e. The summed E-state index contributed by atoms with van der Waals surface area (Å²) in [6.45, 7) is 7.77. The highest BCUT2D eigenvalue weighted by atomic mass is 19.1. The van der Waals surface area contributed by atoms with Gasteiger partial charge in [0.05, 0.1) is 11.6 Å². The Morgan fingerprint density at radius 2 is 1.49 bits per heavy atom. The Bertz CT molecular complexity index is 1550. The first kappa shape index (κ1) is 25.3. The Morgan fingerprint density at radius 1 is 0.846 bits per heavy atom. The van der Waals surface area contributed by atoms with Crippen LogP contribution in [0.25, 0.3) is 16.8 Å². The number of piperazine rings is 1. The van der Waals surface area contributed by atoms with Gasteiger partial charge < -0.3 is 4.90 Å². The molecule has 1 saturated heterocycles. The molecule has 0 unspecified atom stereocenters. The Labute approximate surface area is 226 Å². The zero-order valence-corrected chi connectivity index (χ0v) is 22.3. The van der Waals surface area contributed by atoms with Crippen molar-refractivity contribution in [3.05, 3.63) is 95.4 Å². The zero-order valence-electron chi connectivity index (χ0n) is 22.3. The number of pyridine rings is 1. The number of hydrogen-bond donors (Lipinski definition) is 0. The van der Waals surface area contributed by atoms with Gasteiger partial charge in [-0.2, -0.15) is 4.98 Å². The van der Waals surface area contributed by atoms with E-state index >= 15 is 0 Å². The van der Waals surface area contributed by atoms with E-state index in [0.29, 0.717) is 5.78 Å². The van der Waals surface area contributed by atoms with Gasteiger partial charge in [0.2, 0.25) is 0 Å². The van der Waals surface area contributed by atoms with Gasteiger partial charge in [0, 0.05) is 31.4 Å². The standard InChI is InChI=1S/C30H31F2N7/c1-4-24-18-38(29-27-26(7-6-16-33-27)39-19(3)35-36-30(39)34-29)25(5-2)17-37(24)28(20-8-12-22(31)13-9-20)21-10-14-23(32)15-11-21/h6-16,24-25,28H,4-5,17-18H2,1-3H3/t24-,25+/m1/s1. The Kier molecular flexibility index (Phi) is 6.68. The molecule has 2 atom stereocenters. The summed E-state index contributed by atoms with van der Waals surface area (Å²) in [5.74, 6) is 1.60. The monoisotopic (exact) mass is 527 g/mol. The minimum atomic E-state index is -0.274. The topological polar surface area (TPSA) is 62.5 Å². The highest BCUT2D eigenvalue weighted by Gasteiger charge is 2.38. The molecule has 5 aromatic rings. The molecule has 1 aliphatic rings. The fraction of sp³-hybridized carbons (Fsp3) is 0.333. The Morgan fingerprint density at radius 3 is 2.10 bits per heavy atom. The van der Waals surface area contributed by atoms with Crippen LogP contribution >= 0.6 is 0 Å². The second-order valence-electron chi connectivity index (χ2n) is 10.2. The molecule has 3 aromatic heterocycles. The van der Waals surface area contributed by atoms with Gasteiger partial charge in [-0.3, -0.25) is 14.3 Å². The van der Waals surface area contributed by atoms with E-state index in [2.05, 4.69) is 33.8 Å². The van der Waals surface area contributed by atoms with Gasteiger partial charge in [-0.05, 0) is 67.3 Å². The van der Waals surface area contributed by atoms with E-state index < -0.39 is 0 Å². The lowest BCUT2D eigenvalue weighted by Crippen LogP contribution is -2.59. The van der Waals surface area contributed by atoms with Gasteiger partial charge in [0.25, 0.3) is 5.78 Å². The van der Waals surface area contributed by atoms with Crippen molar-refractivity contribution in [3.8, 4) is 0 Å². The van der Waals surface area contributed by atoms with Crippen molar-refractivity contribution in [2.45, 2.75) is 51.7 Å². The fourth-order valence-corrected chi connectivity index (χ4v) is 5.93. The normalized spacial score (nSPS) is 18.5. The van der Waals surface area contributed by atoms with E-state index in [-0.39, 0.29) is 29.8 Å². The first-order valence-corrected chi connectivity index (χ1v) is 13.5. The molecule has 0 N–H and O–H groups in total. The summed E-state index contributed by atoms with van der Waals surface area (Å²) in [5, 5.41) is 8.59. The lowest BCUT2D eigenvalue weighted by atomic mass is 9.91. The van der Waals surface area contributed by atoms with Gasteiger partial charge in [-0.1, -0.05) is 38.1 Å². The molecular formula is C30H31F2N7. The maximum atomic E-state index is 13.9. The number of aryl methyl sites for hydroxylation is 1. The molecule has 4 heterocycles. The van der Waals surface area contributed by atoms with E-state index in [1.165, 1.54) is 24.3 Å². The average molecular weight is 528 g/mol. The van der Waals surface area contributed by atoms with Crippen LogP contribution in [0.3, 0.4) is 0 Å². The van der Waals surface area contributed by atoms with Gasteiger partial charge in [0.15, 0.2) is 5.82 Å². The van der Waals surface area contributed by atoms with Crippen LogP contribution in [0.5, 0.6) is 0 Å². The van der Waals surface area contributed by atoms with E-state index in [1.807, 2.05) is 47.7 Å². The Hall–Kier alpha value is -3.98. The number of halogens is 2. The third kappa shape index (κ3) is 4.50. The highest BCUT2D eigenvalue weighted by Crippen LogP contribution is 2.37. The third-order valence-corrected chi connectivity index (χ3v) is 7.91. The molecule has 0 spiro atoms. The number of fused-ring (bicyclic) bond motifs is 3. The number of anilines is 1. The smallest absolute Gasteiger partial charge is 0.257 e. The van der Waals surface area contributed by atoms with Crippen LogP contribution in [-0.4, -0.2) is 54.6 Å². The summed E-state index contributed by atoms with van der Waals surface area (Å²) in [4.78, 5) is 14.6. The molecule has 1 fully saturated rings. The minimum absolute atomic E-state index is 0.139. The highest BCUT2D eigenvalue weighted by molar-refractivity contribution is 5.88. The van der Waals surface area contributed by atoms with Crippen LogP contribution in [0, 0.1) is 18.6 Å². The van der Waals surface area contributed by atoms with Crippen LogP contribution in [-0.2, 0) is 0 Å². The predicted octanol–water partition coefficient (Wildman–Crippen LogP) is 5.73. The van der Waals surface area contributed by atoms with Crippen molar-refractivity contribution in [1.82, 2.24) is 29.5 Å². The van der Waals surface area contributed by atoms with Crippen LogP contribution < -0.4 is 4.90 Å². The third-order valence-electron chi connectivity index (χ3n) is 7.91. The second kappa shape index (κ2) is 10.3. The molecule has 2 aromatic carbocycles.